The van der Waals surface area contributed by atoms with Gasteiger partial charge in [0.05, 0.1) is 0 Å². The summed E-state index contributed by atoms with van der Waals surface area (Å²) in [4.78, 5) is 14.4. The molecular weight excluding hydrogens is 1100 g/mol. The van der Waals surface area contributed by atoms with Crippen molar-refractivity contribution < 1.29 is 25.8 Å². The normalized spacial score (nSPS) is 14.6. The largest absolute Gasteiger partial charge is 0.509 e. The fraction of sp³-hybridized carbons (Fsp3) is 0.309. The van der Waals surface area contributed by atoms with Crippen LogP contribution < -0.4 is 14.5 Å². The first-order valence-electron chi connectivity index (χ1n) is 26.4. The van der Waals surface area contributed by atoms with Gasteiger partial charge in [-0.05, 0) is 146 Å². The van der Waals surface area contributed by atoms with E-state index >= 15 is 0 Å². The molecule has 0 radical (unpaired) electrons. The number of pyridine rings is 2. The maximum atomic E-state index is 7.03. The van der Waals surface area contributed by atoms with E-state index in [1.165, 1.54) is 67.0 Å². The summed E-state index contributed by atoms with van der Waals surface area (Å²) in [5.41, 5.74) is 22.8. The second-order valence-electron chi connectivity index (χ2n) is 25.5. The Morgan fingerprint density at radius 3 is 1.79 bits per heavy atom. The number of ether oxygens (including phenoxy) is 1. The number of rotatable bonds is 4. The van der Waals surface area contributed by atoms with Crippen LogP contribution in [0, 0.1) is 39.6 Å². The second kappa shape index (κ2) is 17.0. The summed E-state index contributed by atoms with van der Waals surface area (Å²) in [5.74, 6) is 2.06. The number of para-hydroxylation sites is 2. The van der Waals surface area contributed by atoms with Gasteiger partial charge in [-0.3, -0.25) is 4.98 Å². The molecule has 75 heavy (non-hydrogen) atoms. The minimum Gasteiger partial charge on any atom is -0.509 e. The standard InChI is InChI=1S/C68H68N5O.Pt/c1-39-28-60(69-37-51(39)42-29-40(2)70-41(3)30-42)73-56-22-18-17-20-47(56)48-26-24-45(35-58(48)73)74-46-25-27-52-59(36-46)72-38-71(16)57-23-19-21-53(63(57)72)68(52)61-49(31-43(64(4,5)6)33-54(61)66(10,11)12)50-32-44(65(7,8)9)34-55(62(50)68)67(13,14)15;/h17-34,37-38H,1-16H3;/q-3;. The third-order valence-corrected chi connectivity index (χ3v) is 16.0. The number of anilines is 3. The molecule has 5 heterocycles. The van der Waals surface area contributed by atoms with Crippen molar-refractivity contribution in [1.29, 1.82) is 0 Å². The van der Waals surface area contributed by atoms with E-state index in [9.17, 15) is 0 Å². The topological polar surface area (TPSA) is 46.4 Å². The van der Waals surface area contributed by atoms with Gasteiger partial charge in [-0.1, -0.05) is 149 Å². The molecule has 3 aromatic heterocycles. The molecule has 1 aliphatic carbocycles. The van der Waals surface area contributed by atoms with E-state index < -0.39 is 5.41 Å². The van der Waals surface area contributed by atoms with Gasteiger partial charge in [-0.25, -0.2) is 4.98 Å². The Balaban J connectivity index is 0.00000602. The third kappa shape index (κ3) is 7.74. The predicted octanol–water partition coefficient (Wildman–Crippen LogP) is 17.1. The molecule has 0 atom stereocenters. The Bertz CT molecular complexity index is 3750. The number of aryl methyl sites for hydroxylation is 3. The van der Waals surface area contributed by atoms with Crippen LogP contribution in [-0.4, -0.2) is 21.6 Å². The molecule has 384 valence electrons. The Labute approximate surface area is 459 Å². The van der Waals surface area contributed by atoms with Crippen LogP contribution in [0.1, 0.15) is 145 Å². The number of aromatic nitrogens is 3. The zero-order valence-corrected chi connectivity index (χ0v) is 48.8. The summed E-state index contributed by atoms with van der Waals surface area (Å²) in [6, 6.07) is 48.5. The molecule has 7 heteroatoms. The molecule has 3 aliphatic rings. The molecular formula is C68H68N5OPt-3. The van der Waals surface area contributed by atoms with Crippen LogP contribution in [0.25, 0.3) is 49.9 Å². The summed E-state index contributed by atoms with van der Waals surface area (Å²) in [5, 5.41) is 2.22. The first-order valence-corrected chi connectivity index (χ1v) is 26.4. The first-order chi connectivity index (χ1) is 34.8. The van der Waals surface area contributed by atoms with Crippen molar-refractivity contribution >= 4 is 38.9 Å². The molecule has 0 N–H and O–H groups in total. The van der Waals surface area contributed by atoms with Gasteiger partial charge < -0.3 is 19.1 Å². The average molecular weight is 1170 g/mol. The van der Waals surface area contributed by atoms with Gasteiger partial charge in [0, 0.05) is 78.0 Å². The van der Waals surface area contributed by atoms with Crippen LogP contribution >= 0.6 is 0 Å². The van der Waals surface area contributed by atoms with Crippen molar-refractivity contribution in [1.82, 2.24) is 14.5 Å². The van der Waals surface area contributed by atoms with Crippen LogP contribution in [0.3, 0.4) is 0 Å². The van der Waals surface area contributed by atoms with Crippen molar-refractivity contribution in [2.45, 2.75) is 131 Å². The van der Waals surface area contributed by atoms with Crippen molar-refractivity contribution in [3.8, 4) is 39.6 Å². The molecule has 0 unspecified atom stereocenters. The van der Waals surface area contributed by atoms with Crippen LogP contribution in [-0.2, 0) is 48.1 Å². The minimum absolute atomic E-state index is 0. The van der Waals surface area contributed by atoms with Crippen LogP contribution in [0.4, 0.5) is 17.1 Å². The van der Waals surface area contributed by atoms with E-state index in [1.807, 2.05) is 26.1 Å². The van der Waals surface area contributed by atoms with Gasteiger partial charge in [-0.15, -0.1) is 35.2 Å². The Hall–Kier alpha value is -6.49. The first kappa shape index (κ1) is 50.7. The van der Waals surface area contributed by atoms with E-state index in [0.717, 1.165) is 61.4 Å². The van der Waals surface area contributed by atoms with Crippen molar-refractivity contribution in [2.75, 3.05) is 16.8 Å². The van der Waals surface area contributed by atoms with Crippen molar-refractivity contribution in [2.24, 2.45) is 0 Å². The van der Waals surface area contributed by atoms with Crippen LogP contribution in [0.15, 0.2) is 115 Å². The fourth-order valence-corrected chi connectivity index (χ4v) is 12.5. The zero-order valence-electron chi connectivity index (χ0n) is 46.5. The summed E-state index contributed by atoms with van der Waals surface area (Å²) in [7, 11) is 2.16. The Morgan fingerprint density at radius 2 is 1.19 bits per heavy atom. The van der Waals surface area contributed by atoms with Crippen LogP contribution in [0.2, 0.25) is 0 Å². The van der Waals surface area contributed by atoms with Crippen molar-refractivity contribution in [3.63, 3.8) is 0 Å². The smallest absolute Gasteiger partial charge is 0.135 e. The fourth-order valence-electron chi connectivity index (χ4n) is 12.5. The predicted molar refractivity (Wildman–Crippen MR) is 307 cm³/mol. The molecule has 0 amide bonds. The maximum absolute atomic E-state index is 7.03. The number of hydrogen-bond acceptors (Lipinski definition) is 5. The van der Waals surface area contributed by atoms with Crippen LogP contribution in [0.5, 0.6) is 11.5 Å². The van der Waals surface area contributed by atoms with E-state index in [2.05, 4.69) is 238 Å². The van der Waals surface area contributed by atoms with Gasteiger partial charge in [0.25, 0.3) is 0 Å². The Morgan fingerprint density at radius 1 is 0.587 bits per heavy atom. The molecule has 0 bridgehead atoms. The monoisotopic (exact) mass is 1170 g/mol. The molecule has 1 spiro atoms. The molecule has 9 aromatic rings. The zero-order chi connectivity index (χ0) is 52.3. The molecule has 2 aliphatic heterocycles. The number of benzene rings is 6. The second-order valence-corrected chi connectivity index (χ2v) is 25.5. The van der Waals surface area contributed by atoms with Crippen molar-refractivity contribution in [3.05, 3.63) is 196 Å². The molecule has 0 saturated heterocycles. The van der Waals surface area contributed by atoms with Gasteiger partial charge in [0.1, 0.15) is 5.82 Å². The third-order valence-electron chi connectivity index (χ3n) is 16.0. The quantitative estimate of drug-likeness (QED) is 0.164. The van der Waals surface area contributed by atoms with E-state index in [1.54, 1.807) is 0 Å². The van der Waals surface area contributed by atoms with Gasteiger partial charge >= 0.3 is 0 Å². The van der Waals surface area contributed by atoms with E-state index in [0.29, 0.717) is 11.5 Å². The Kier molecular flexibility index (Phi) is 11.5. The van der Waals surface area contributed by atoms with Gasteiger partial charge in [0.2, 0.25) is 0 Å². The summed E-state index contributed by atoms with van der Waals surface area (Å²) in [6.45, 7) is 37.0. The summed E-state index contributed by atoms with van der Waals surface area (Å²) >= 11 is 0. The number of fused-ring (bicyclic) bond motifs is 12. The number of hydrogen-bond donors (Lipinski definition) is 0. The van der Waals surface area contributed by atoms with E-state index in [4.69, 9.17) is 9.72 Å². The van der Waals surface area contributed by atoms with E-state index in [-0.39, 0.29) is 42.7 Å². The molecule has 0 fully saturated rings. The molecule has 12 rings (SSSR count). The minimum atomic E-state index is -0.685. The number of nitrogens with zero attached hydrogens (tertiary/aromatic N) is 5. The molecule has 6 nitrogen and oxygen atoms in total. The average Bonchev–Trinajstić information content (AvgIpc) is 3.96. The summed E-state index contributed by atoms with van der Waals surface area (Å²) < 4.78 is 9.25. The maximum Gasteiger partial charge on any atom is 0.135 e. The molecule has 0 saturated carbocycles. The summed E-state index contributed by atoms with van der Waals surface area (Å²) in [6.07, 6.45) is 1.99. The van der Waals surface area contributed by atoms with Gasteiger partial charge in [-0.2, -0.15) is 18.8 Å². The van der Waals surface area contributed by atoms with Gasteiger partial charge in [0.15, 0.2) is 0 Å². The molecule has 6 aromatic carbocycles. The SMILES string of the molecule is Cc1cc(-c2cnc(-n3c4[c-]c(Oc5[c-]c6c(cc5)C5(c7cccc8c7N6[CH-]N8C)c6c(cc(C(C)(C)C)cc6C(C)(C)C)-c6cc(C(C)(C)C)cc(C(C)(C)C)c65)ccc4c4ccccc43)cc2C)cc(C)n1.[Pt].